The molecule has 0 saturated carbocycles. The highest BCUT2D eigenvalue weighted by Gasteiger charge is 2.52. The first-order chi connectivity index (χ1) is 39.9. The number of ether oxygens (including phenoxy) is 4. The molecule has 2 atom stereocenters. The van der Waals surface area contributed by atoms with Gasteiger partial charge >= 0.3 is 19.2 Å². The Morgan fingerprint density at radius 3 is 1.41 bits per heavy atom. The summed E-state index contributed by atoms with van der Waals surface area (Å²) >= 11 is 5.98. The van der Waals surface area contributed by atoms with Crippen LogP contribution >= 0.6 is 11.6 Å². The Morgan fingerprint density at radius 2 is 1.00 bits per heavy atom. The second-order valence-electron chi connectivity index (χ2n) is 26.0. The highest BCUT2D eigenvalue weighted by Crippen LogP contribution is 2.54. The molecule has 458 valence electrons. The van der Waals surface area contributed by atoms with E-state index < -0.39 is 69.3 Å². The molecule has 3 aliphatic heterocycles. The van der Waals surface area contributed by atoms with Crippen LogP contribution in [0, 0.1) is 22.5 Å². The first-order valence-electron chi connectivity index (χ1n) is 28.4. The molecule has 22 heteroatoms. The molecule has 0 bridgehead atoms. The Labute approximate surface area is 507 Å². The summed E-state index contributed by atoms with van der Waals surface area (Å²) in [6.45, 7) is 33.6. The number of rotatable bonds is 10. The van der Waals surface area contributed by atoms with E-state index in [1.165, 1.54) is 12.1 Å². The molecular weight excluding hydrogens is 1130 g/mol. The summed E-state index contributed by atoms with van der Waals surface area (Å²) < 4.78 is 64.1. The molecule has 0 spiro atoms. The lowest BCUT2D eigenvalue weighted by Gasteiger charge is -2.37. The van der Waals surface area contributed by atoms with E-state index in [4.69, 9.17) is 39.9 Å². The molecule has 86 heavy (non-hydrogen) atoms. The standard InChI is InChI=1S/C29H33FN4O4.C21H23ClFN3O3.C14H22BNO3/c1-16(2)37-22-14-11-17(15-31-22)21-13-12-19-23(18-9-8-10-20(30)24(18)38-25(19)32-21)29(6,7)26(35)33-27(36)34-28(3,4)5;1-20(2,3)26-19(28)25-18(27)21(4,5)15-11-7-6-8-13(23)16(11)29-17-12(15)9-10-14(22)24-17;1-10(2)17-12-8-7-11(9-16-12)15-18-13(3,4)14(5,6)19-15/h8-16,23H,1-7H3,(H2,33,34,35,36);6-10,15H,1-5H3,(H2,25,26,27,28);7-10H,1-6H3/t23-;15-;/m00./s1. The zero-order chi connectivity index (χ0) is 63.6. The van der Waals surface area contributed by atoms with E-state index in [9.17, 15) is 28.0 Å². The van der Waals surface area contributed by atoms with Gasteiger partial charge in [-0.15, -0.1) is 0 Å². The molecule has 0 aliphatic carbocycles. The molecule has 7 heterocycles. The number of halogens is 3. The minimum atomic E-state index is -1.17. The first-order valence-corrected chi connectivity index (χ1v) is 28.7. The van der Waals surface area contributed by atoms with Crippen molar-refractivity contribution < 1.29 is 56.2 Å². The van der Waals surface area contributed by atoms with Crippen LogP contribution < -0.4 is 45.7 Å². The molecule has 0 unspecified atom stereocenters. The summed E-state index contributed by atoms with van der Waals surface area (Å²) in [7, 11) is -0.370. The lowest BCUT2D eigenvalue weighted by molar-refractivity contribution is -0.129. The summed E-state index contributed by atoms with van der Waals surface area (Å²) in [5.74, 6) is -1.95. The normalized spacial score (nSPS) is 16.4. The van der Waals surface area contributed by atoms with Crippen molar-refractivity contribution in [2.75, 3.05) is 0 Å². The number of fused-ring (bicyclic) bond motifs is 4. The van der Waals surface area contributed by atoms with Crippen LogP contribution in [0.4, 0.5) is 18.4 Å². The number of nitrogens with zero attached hydrogens (tertiary/aromatic N) is 4. The third-order valence-electron chi connectivity index (χ3n) is 14.5. The van der Waals surface area contributed by atoms with Crippen LogP contribution in [0.2, 0.25) is 5.15 Å². The maximum Gasteiger partial charge on any atom is 0.496 e. The van der Waals surface area contributed by atoms with Gasteiger partial charge in [-0.05, 0) is 139 Å². The zero-order valence-electron chi connectivity index (χ0n) is 52.1. The van der Waals surface area contributed by atoms with Crippen molar-refractivity contribution in [3.8, 4) is 46.3 Å². The predicted molar refractivity (Wildman–Crippen MR) is 325 cm³/mol. The molecule has 3 aliphatic rings. The number of aromatic nitrogens is 4. The van der Waals surface area contributed by atoms with Crippen molar-refractivity contribution in [1.29, 1.82) is 0 Å². The summed E-state index contributed by atoms with van der Waals surface area (Å²) in [4.78, 5) is 68.6. The van der Waals surface area contributed by atoms with E-state index in [0.29, 0.717) is 39.7 Å². The average molecular weight is 1200 g/mol. The third-order valence-corrected chi connectivity index (χ3v) is 14.7. The number of hydrogen-bond acceptors (Lipinski definition) is 14. The summed E-state index contributed by atoms with van der Waals surface area (Å²) in [5, 5.41) is 10.4. The topological polar surface area (TPSA) is 223 Å². The number of hydrogen-bond donors (Lipinski definition) is 4. The van der Waals surface area contributed by atoms with Gasteiger partial charge in [-0.3, -0.25) is 20.2 Å². The van der Waals surface area contributed by atoms with Crippen LogP contribution in [0.15, 0.2) is 97.3 Å². The summed E-state index contributed by atoms with van der Waals surface area (Å²) in [6.07, 6.45) is 3.51. The van der Waals surface area contributed by atoms with Gasteiger partial charge in [0.25, 0.3) is 0 Å². The molecule has 0 radical (unpaired) electrons. The fraction of sp³-hybridized carbons (Fsp3) is 0.438. The van der Waals surface area contributed by atoms with E-state index in [1.54, 1.807) is 88.6 Å². The fourth-order valence-electron chi connectivity index (χ4n) is 9.65. The van der Waals surface area contributed by atoms with Gasteiger partial charge in [0, 0.05) is 74.7 Å². The molecule has 1 saturated heterocycles. The second kappa shape index (κ2) is 25.3. The van der Waals surface area contributed by atoms with Crippen molar-refractivity contribution >= 4 is 48.1 Å². The lowest BCUT2D eigenvalue weighted by Crippen LogP contribution is -2.52. The number of amides is 6. The molecule has 6 aromatic rings. The minimum absolute atomic E-state index is 0.000199. The van der Waals surface area contributed by atoms with Crippen LogP contribution in [-0.2, 0) is 18.9 Å². The highest BCUT2D eigenvalue weighted by molar-refractivity contribution is 6.62. The smallest absolute Gasteiger partial charge is 0.475 e. The van der Waals surface area contributed by atoms with Crippen molar-refractivity contribution in [3.05, 3.63) is 136 Å². The third kappa shape index (κ3) is 15.4. The SMILES string of the molecule is CC(C)(C)NC(=O)NC(=O)C(C)(C)[C@@H]1c2ccc(Cl)nc2Oc2c(F)cccc21.CC(C)Oc1ccc(-c2ccc3c(n2)Oc2c(F)cccc2[C@@H]3C(C)(C)C(=O)NC(=O)NC(C)(C)C)cn1.CC(C)Oc1ccc(B2OC(C)(C)C(C)(C)O2)cn1. The number of benzene rings is 2. The van der Waals surface area contributed by atoms with Gasteiger partial charge in [0.2, 0.25) is 35.3 Å². The van der Waals surface area contributed by atoms with Crippen LogP contribution in [0.5, 0.6) is 35.0 Å². The van der Waals surface area contributed by atoms with Crippen LogP contribution in [-0.4, -0.2) is 85.4 Å². The molecule has 4 aromatic heterocycles. The quantitative estimate of drug-likeness (QED) is 0.0740. The number of urea groups is 2. The second-order valence-corrected chi connectivity index (χ2v) is 26.4. The maximum atomic E-state index is 15.0. The summed E-state index contributed by atoms with van der Waals surface area (Å²) in [5.41, 5.74) is 0.405. The van der Waals surface area contributed by atoms with Gasteiger partial charge in [0.1, 0.15) is 5.15 Å². The molecule has 1 fully saturated rings. The maximum absolute atomic E-state index is 15.0. The van der Waals surface area contributed by atoms with Gasteiger partial charge < -0.3 is 38.9 Å². The Kier molecular flexibility index (Phi) is 19.4. The number of pyridine rings is 4. The van der Waals surface area contributed by atoms with E-state index in [2.05, 4.69) is 41.2 Å². The Balaban J connectivity index is 0.000000195. The van der Waals surface area contributed by atoms with Crippen molar-refractivity contribution in [2.45, 2.75) is 171 Å². The predicted octanol–water partition coefficient (Wildman–Crippen LogP) is 12.9. The van der Waals surface area contributed by atoms with Crippen molar-refractivity contribution in [2.24, 2.45) is 10.8 Å². The zero-order valence-corrected chi connectivity index (χ0v) is 52.9. The number of carbonyl (C=O) groups excluding carboxylic acids is 4. The van der Waals surface area contributed by atoms with Gasteiger partial charge in [0.15, 0.2) is 23.1 Å². The molecule has 9 rings (SSSR count). The first kappa shape index (κ1) is 65.8. The van der Waals surface area contributed by atoms with Gasteiger partial charge in [-0.2, -0.15) is 0 Å². The van der Waals surface area contributed by atoms with Gasteiger partial charge in [-0.25, -0.2) is 38.3 Å². The Bertz CT molecular complexity index is 3460. The lowest BCUT2D eigenvalue weighted by atomic mass is 9.69. The van der Waals surface area contributed by atoms with Crippen molar-refractivity contribution in [1.82, 2.24) is 41.2 Å². The Morgan fingerprint density at radius 1 is 0.570 bits per heavy atom. The molecular formula is C64H78BClF2N8O10. The van der Waals surface area contributed by atoms with E-state index >= 15 is 0 Å². The van der Waals surface area contributed by atoms with E-state index in [-0.39, 0.29) is 58.9 Å². The number of imide groups is 2. The minimum Gasteiger partial charge on any atom is -0.475 e. The monoisotopic (exact) mass is 1200 g/mol. The summed E-state index contributed by atoms with van der Waals surface area (Å²) in [6, 6.07) is 22.2. The molecule has 4 N–H and O–H groups in total. The van der Waals surface area contributed by atoms with Gasteiger partial charge in [-0.1, -0.05) is 75.7 Å². The van der Waals surface area contributed by atoms with Crippen LogP contribution in [0.25, 0.3) is 11.3 Å². The number of para-hydroxylation sites is 2. The highest BCUT2D eigenvalue weighted by atomic mass is 35.5. The van der Waals surface area contributed by atoms with Crippen LogP contribution in [0.1, 0.15) is 159 Å². The molecule has 18 nitrogen and oxygen atoms in total. The molecule has 6 amide bonds. The van der Waals surface area contributed by atoms with Crippen LogP contribution in [0.3, 0.4) is 0 Å². The molecule has 2 aromatic carbocycles. The largest absolute Gasteiger partial charge is 0.496 e. The fourth-order valence-corrected chi connectivity index (χ4v) is 9.79. The van der Waals surface area contributed by atoms with E-state index in [1.807, 2.05) is 121 Å². The van der Waals surface area contributed by atoms with Gasteiger partial charge in [0.05, 0.1) is 39.9 Å². The Hall–Kier alpha value is -7.75. The van der Waals surface area contributed by atoms with Crippen molar-refractivity contribution in [3.63, 3.8) is 0 Å². The number of carbonyl (C=O) groups is 4. The average Bonchev–Trinajstić information content (AvgIpc) is 0.973. The number of nitrogens with one attached hydrogen (secondary N) is 4. The van der Waals surface area contributed by atoms with E-state index in [0.717, 1.165) is 11.0 Å².